The highest BCUT2D eigenvalue weighted by molar-refractivity contribution is 5.85. The molecule has 0 fully saturated rings. The van der Waals surface area contributed by atoms with Gasteiger partial charge in [-0.25, -0.2) is 9.59 Å². The molecule has 0 heterocycles. The van der Waals surface area contributed by atoms with Crippen molar-refractivity contribution in [1.29, 1.82) is 0 Å². The van der Waals surface area contributed by atoms with Crippen LogP contribution in [-0.4, -0.2) is 25.4 Å². The lowest BCUT2D eigenvalue weighted by Gasteiger charge is -2.27. The zero-order valence-electron chi connectivity index (χ0n) is 15.0. The summed E-state index contributed by atoms with van der Waals surface area (Å²) >= 11 is 0. The van der Waals surface area contributed by atoms with Crippen LogP contribution in [-0.2, 0) is 9.47 Å². The number of carbonyl (C=O) groups is 2. The Morgan fingerprint density at radius 2 is 1.19 bits per heavy atom. The molecule has 2 N–H and O–H groups in total. The SMILES string of the molecule is CCC(C)(COC(=O)Nc1ccccc1)COC(=O)Nc1ccccc1. The minimum atomic E-state index is -0.537. The van der Waals surface area contributed by atoms with E-state index in [-0.39, 0.29) is 13.2 Å². The highest BCUT2D eigenvalue weighted by Crippen LogP contribution is 2.22. The summed E-state index contributed by atoms with van der Waals surface area (Å²) in [7, 11) is 0. The summed E-state index contributed by atoms with van der Waals surface area (Å²) in [6, 6.07) is 18.1. The van der Waals surface area contributed by atoms with Crippen LogP contribution in [0.5, 0.6) is 0 Å². The van der Waals surface area contributed by atoms with Gasteiger partial charge in [-0.15, -0.1) is 0 Å². The van der Waals surface area contributed by atoms with Gasteiger partial charge < -0.3 is 9.47 Å². The first-order chi connectivity index (χ1) is 12.5. The summed E-state index contributed by atoms with van der Waals surface area (Å²) < 4.78 is 10.6. The number of hydrogen-bond acceptors (Lipinski definition) is 4. The van der Waals surface area contributed by atoms with Crippen LogP contribution >= 0.6 is 0 Å². The van der Waals surface area contributed by atoms with Crippen LogP contribution < -0.4 is 10.6 Å². The minimum Gasteiger partial charge on any atom is -0.449 e. The zero-order chi connectivity index (χ0) is 18.8. The highest BCUT2D eigenvalue weighted by Gasteiger charge is 2.26. The quantitative estimate of drug-likeness (QED) is 0.740. The summed E-state index contributed by atoms with van der Waals surface area (Å²) in [4.78, 5) is 23.8. The van der Waals surface area contributed by atoms with Crippen LogP contribution in [0.2, 0.25) is 0 Å². The van der Waals surface area contributed by atoms with Crippen molar-refractivity contribution in [3.8, 4) is 0 Å². The maximum Gasteiger partial charge on any atom is 0.411 e. The second-order valence-electron chi connectivity index (χ2n) is 6.30. The van der Waals surface area contributed by atoms with Gasteiger partial charge in [-0.1, -0.05) is 50.2 Å². The molecule has 0 aliphatic carbocycles. The summed E-state index contributed by atoms with van der Waals surface area (Å²) in [6.07, 6.45) is -0.390. The molecule has 0 spiro atoms. The molecule has 0 bridgehead atoms. The van der Waals surface area contributed by atoms with E-state index in [1.54, 1.807) is 24.3 Å². The lowest BCUT2D eigenvalue weighted by atomic mass is 9.90. The fraction of sp³-hybridized carbons (Fsp3) is 0.300. The topological polar surface area (TPSA) is 76.7 Å². The van der Waals surface area contributed by atoms with Crippen LogP contribution in [0.1, 0.15) is 20.3 Å². The molecule has 0 aromatic heterocycles. The summed E-state index contributed by atoms with van der Waals surface area (Å²) in [5, 5.41) is 5.31. The van der Waals surface area contributed by atoms with E-state index >= 15 is 0 Å². The maximum atomic E-state index is 11.9. The van der Waals surface area contributed by atoms with Gasteiger partial charge in [0.2, 0.25) is 0 Å². The number of ether oxygens (including phenoxy) is 2. The van der Waals surface area contributed by atoms with E-state index in [9.17, 15) is 9.59 Å². The zero-order valence-corrected chi connectivity index (χ0v) is 15.0. The lowest BCUT2D eigenvalue weighted by molar-refractivity contribution is 0.0429. The summed E-state index contributed by atoms with van der Waals surface area (Å²) in [5.41, 5.74) is 0.852. The first-order valence-electron chi connectivity index (χ1n) is 8.48. The normalized spacial score (nSPS) is 10.7. The molecule has 2 amide bonds. The van der Waals surface area contributed by atoms with Crippen molar-refractivity contribution in [2.45, 2.75) is 20.3 Å². The van der Waals surface area contributed by atoms with Gasteiger partial charge in [0.05, 0.1) is 0 Å². The summed E-state index contributed by atoms with van der Waals surface area (Å²) in [6.45, 7) is 4.14. The van der Waals surface area contributed by atoms with Gasteiger partial charge in [-0.05, 0) is 30.7 Å². The number of para-hydroxylation sites is 2. The largest absolute Gasteiger partial charge is 0.449 e. The predicted molar refractivity (Wildman–Crippen MR) is 101 cm³/mol. The molecule has 2 aromatic rings. The molecule has 0 aliphatic heterocycles. The third kappa shape index (κ3) is 6.47. The molecule has 0 saturated carbocycles. The van der Waals surface area contributed by atoms with E-state index < -0.39 is 17.6 Å². The van der Waals surface area contributed by atoms with Crippen molar-refractivity contribution >= 4 is 23.6 Å². The van der Waals surface area contributed by atoms with Crippen LogP contribution in [0.25, 0.3) is 0 Å². The number of benzene rings is 2. The molecule has 2 aromatic carbocycles. The number of anilines is 2. The third-order valence-electron chi connectivity index (χ3n) is 4.00. The lowest BCUT2D eigenvalue weighted by Crippen LogP contribution is -2.32. The van der Waals surface area contributed by atoms with Crippen LogP contribution in [0.4, 0.5) is 21.0 Å². The van der Waals surface area contributed by atoms with E-state index in [4.69, 9.17) is 9.47 Å². The van der Waals surface area contributed by atoms with Gasteiger partial charge in [0, 0.05) is 16.8 Å². The average molecular weight is 356 g/mol. The Balaban J connectivity index is 1.78. The first kappa shape index (κ1) is 19.3. The Labute approximate surface area is 153 Å². The molecule has 26 heavy (non-hydrogen) atoms. The van der Waals surface area contributed by atoms with Gasteiger partial charge in [0.25, 0.3) is 0 Å². The number of carbonyl (C=O) groups excluding carboxylic acids is 2. The standard InChI is InChI=1S/C20H24N2O4/c1-3-20(2,14-25-18(23)21-16-10-6-4-7-11-16)15-26-19(24)22-17-12-8-5-9-13-17/h4-13H,3,14-15H2,1-2H3,(H,21,23)(H,22,24). The van der Waals surface area contributed by atoms with Crippen molar-refractivity contribution in [3.63, 3.8) is 0 Å². The van der Waals surface area contributed by atoms with Gasteiger partial charge >= 0.3 is 12.2 Å². The van der Waals surface area contributed by atoms with Gasteiger partial charge in [-0.3, -0.25) is 10.6 Å². The first-order valence-corrected chi connectivity index (χ1v) is 8.48. The smallest absolute Gasteiger partial charge is 0.411 e. The van der Waals surface area contributed by atoms with E-state index in [2.05, 4.69) is 10.6 Å². The Kier molecular flexibility index (Phi) is 7.02. The molecule has 0 radical (unpaired) electrons. The summed E-state index contributed by atoms with van der Waals surface area (Å²) in [5.74, 6) is 0. The Morgan fingerprint density at radius 3 is 1.54 bits per heavy atom. The van der Waals surface area contributed by atoms with E-state index in [1.165, 1.54) is 0 Å². The van der Waals surface area contributed by atoms with E-state index in [0.29, 0.717) is 17.8 Å². The molecule has 6 nitrogen and oxygen atoms in total. The molecular formula is C20H24N2O4. The molecule has 138 valence electrons. The molecule has 6 heteroatoms. The van der Waals surface area contributed by atoms with Crippen LogP contribution in [0.15, 0.2) is 60.7 Å². The highest BCUT2D eigenvalue weighted by atomic mass is 16.6. The molecule has 0 atom stereocenters. The number of hydrogen-bond donors (Lipinski definition) is 2. The van der Waals surface area contributed by atoms with Crippen LogP contribution in [0, 0.1) is 5.41 Å². The molecule has 0 unspecified atom stereocenters. The van der Waals surface area contributed by atoms with E-state index in [1.807, 2.05) is 50.2 Å². The maximum absolute atomic E-state index is 11.9. The molecule has 2 rings (SSSR count). The molecular weight excluding hydrogens is 332 g/mol. The Hall–Kier alpha value is -3.02. The fourth-order valence-electron chi connectivity index (χ4n) is 2.08. The minimum absolute atomic E-state index is 0.140. The second-order valence-corrected chi connectivity index (χ2v) is 6.30. The fourth-order valence-corrected chi connectivity index (χ4v) is 2.08. The predicted octanol–water partition coefficient (Wildman–Crippen LogP) is 4.90. The number of amides is 2. The van der Waals surface area contributed by atoms with Crippen molar-refractivity contribution in [2.75, 3.05) is 23.8 Å². The third-order valence-corrected chi connectivity index (χ3v) is 4.00. The van der Waals surface area contributed by atoms with Crippen LogP contribution in [0.3, 0.4) is 0 Å². The Bertz CT molecular complexity index is 647. The van der Waals surface area contributed by atoms with Crippen molar-refractivity contribution in [2.24, 2.45) is 5.41 Å². The molecule has 0 saturated heterocycles. The van der Waals surface area contributed by atoms with Crippen molar-refractivity contribution in [3.05, 3.63) is 60.7 Å². The van der Waals surface area contributed by atoms with E-state index in [0.717, 1.165) is 0 Å². The van der Waals surface area contributed by atoms with Gasteiger partial charge in [0.15, 0.2) is 0 Å². The Morgan fingerprint density at radius 1 is 0.808 bits per heavy atom. The average Bonchev–Trinajstić information content (AvgIpc) is 2.66. The van der Waals surface area contributed by atoms with Crippen molar-refractivity contribution < 1.29 is 19.1 Å². The number of nitrogens with one attached hydrogen (secondary N) is 2. The van der Waals surface area contributed by atoms with Gasteiger partial charge in [-0.2, -0.15) is 0 Å². The van der Waals surface area contributed by atoms with Crippen molar-refractivity contribution in [1.82, 2.24) is 0 Å². The second kappa shape index (κ2) is 9.46. The van der Waals surface area contributed by atoms with Gasteiger partial charge in [0.1, 0.15) is 13.2 Å². The monoisotopic (exact) mass is 356 g/mol. The number of rotatable bonds is 7. The molecule has 0 aliphatic rings.